The number of alkyl halides is 3. The number of anilines is 1. The van der Waals surface area contributed by atoms with Crippen LogP contribution in [-0.4, -0.2) is 25.6 Å². The fourth-order valence-electron chi connectivity index (χ4n) is 2.73. The number of carbonyl (C=O) groups is 1. The summed E-state index contributed by atoms with van der Waals surface area (Å²) >= 11 is 1.26. The Morgan fingerprint density at radius 1 is 0.968 bits per heavy atom. The van der Waals surface area contributed by atoms with Crippen molar-refractivity contribution in [3.05, 3.63) is 83.4 Å². The van der Waals surface area contributed by atoms with Gasteiger partial charge in [-0.15, -0.1) is 0 Å². The minimum absolute atomic E-state index is 0.130. The molecule has 0 aromatic heterocycles. The van der Waals surface area contributed by atoms with E-state index in [9.17, 15) is 18.0 Å². The van der Waals surface area contributed by atoms with Crippen LogP contribution in [0.25, 0.3) is 11.1 Å². The maximum Gasteiger partial charge on any atom is 0.417 e. The quantitative estimate of drug-likeness (QED) is 0.346. The van der Waals surface area contributed by atoms with Gasteiger partial charge in [-0.05, 0) is 72.0 Å². The lowest BCUT2D eigenvalue weighted by molar-refractivity contribution is -0.137. The molecule has 166 valence electrons. The number of benzene rings is 3. The molecule has 0 heterocycles. The van der Waals surface area contributed by atoms with E-state index in [4.69, 9.17) is 10.2 Å². The summed E-state index contributed by atoms with van der Waals surface area (Å²) in [6, 6.07) is 18.0. The average molecular weight is 451 g/mol. The molecule has 0 amide bonds. The van der Waals surface area contributed by atoms with Crippen LogP contribution in [0.2, 0.25) is 0 Å². The minimum Gasteiger partial charge on any atom is -0.400 e. The predicted molar refractivity (Wildman–Crippen MR) is 121 cm³/mol. The zero-order chi connectivity index (χ0) is 23.4. The van der Waals surface area contributed by atoms with E-state index < -0.39 is 11.7 Å². The predicted octanol–water partition coefficient (Wildman–Crippen LogP) is 5.80. The number of nitrogens with one attached hydrogen (secondary N) is 1. The second-order valence-electron chi connectivity index (χ2n) is 6.13. The fourth-order valence-corrected chi connectivity index (χ4v) is 3.02. The third-order valence-corrected chi connectivity index (χ3v) is 4.73. The molecular weight excluding hydrogens is 425 g/mol. The smallest absolute Gasteiger partial charge is 0.400 e. The van der Waals surface area contributed by atoms with Gasteiger partial charge in [0.1, 0.15) is 6.29 Å². The molecule has 0 radical (unpaired) electrons. The summed E-state index contributed by atoms with van der Waals surface area (Å²) in [5.74, 6) is 0. The topological polar surface area (TPSA) is 75.3 Å². The third-order valence-electron chi connectivity index (χ3n) is 4.19. The molecule has 0 aliphatic heterocycles. The maximum atomic E-state index is 13.0. The second kappa shape index (κ2) is 12.8. The Labute approximate surface area is 184 Å². The first-order valence-electron chi connectivity index (χ1n) is 9.12. The van der Waals surface area contributed by atoms with Crippen LogP contribution in [0.1, 0.15) is 21.5 Å². The van der Waals surface area contributed by atoms with E-state index >= 15 is 0 Å². The van der Waals surface area contributed by atoms with Gasteiger partial charge in [0.25, 0.3) is 0 Å². The molecule has 0 aliphatic rings. The summed E-state index contributed by atoms with van der Waals surface area (Å²) in [5, 5.41) is 15.4. The van der Waals surface area contributed by atoms with E-state index in [1.807, 2.05) is 31.3 Å². The van der Waals surface area contributed by atoms with Gasteiger partial charge in [0.2, 0.25) is 0 Å². The molecule has 0 unspecified atom stereocenters. The largest absolute Gasteiger partial charge is 0.417 e. The molecule has 3 rings (SSSR count). The summed E-state index contributed by atoms with van der Waals surface area (Å²) in [4.78, 5) is 11.7. The van der Waals surface area contributed by atoms with Crippen LogP contribution < -0.4 is 10.5 Å². The van der Waals surface area contributed by atoms with Gasteiger partial charge in [0.15, 0.2) is 0 Å². The molecule has 8 heteroatoms. The van der Waals surface area contributed by atoms with Crippen LogP contribution in [0, 0.1) is 6.92 Å². The molecular formula is C23H25F3N2O2S. The van der Waals surface area contributed by atoms with Gasteiger partial charge >= 0.3 is 6.18 Å². The van der Waals surface area contributed by atoms with E-state index in [0.29, 0.717) is 23.0 Å². The summed E-state index contributed by atoms with van der Waals surface area (Å²) in [6.45, 7) is 1.69. The number of aryl methyl sites for hydroxylation is 1. The molecule has 31 heavy (non-hydrogen) atoms. The Bertz CT molecular complexity index is 939. The van der Waals surface area contributed by atoms with Crippen molar-refractivity contribution in [3.63, 3.8) is 0 Å². The average Bonchev–Trinajstić information content (AvgIpc) is 2.80. The van der Waals surface area contributed by atoms with Crippen LogP contribution >= 0.6 is 11.9 Å². The van der Waals surface area contributed by atoms with Crippen LogP contribution in [0.5, 0.6) is 0 Å². The van der Waals surface area contributed by atoms with Crippen molar-refractivity contribution >= 4 is 23.9 Å². The first-order chi connectivity index (χ1) is 14.8. The highest BCUT2D eigenvalue weighted by molar-refractivity contribution is 7.97. The highest BCUT2D eigenvalue weighted by atomic mass is 32.2. The molecule has 0 saturated heterocycles. The molecule has 3 aromatic carbocycles. The number of halogens is 3. The van der Waals surface area contributed by atoms with Crippen LogP contribution in [0.4, 0.5) is 18.9 Å². The number of carbonyl (C=O) groups excluding carboxylic acids is 1. The van der Waals surface area contributed by atoms with Crippen molar-refractivity contribution in [3.8, 4) is 11.1 Å². The number of rotatable bonds is 4. The second-order valence-corrected chi connectivity index (χ2v) is 6.83. The zero-order valence-electron chi connectivity index (χ0n) is 17.4. The Kier molecular flexibility index (Phi) is 10.8. The number of aldehydes is 1. The van der Waals surface area contributed by atoms with Crippen molar-refractivity contribution in [2.45, 2.75) is 18.0 Å². The van der Waals surface area contributed by atoms with E-state index in [0.717, 1.165) is 23.8 Å². The Hall–Kier alpha value is -2.81. The van der Waals surface area contributed by atoms with Gasteiger partial charge in [-0.1, -0.05) is 30.3 Å². The third kappa shape index (κ3) is 7.75. The van der Waals surface area contributed by atoms with Crippen molar-refractivity contribution in [1.82, 2.24) is 0 Å². The van der Waals surface area contributed by atoms with Gasteiger partial charge in [-0.25, -0.2) is 0 Å². The molecule has 0 atom stereocenters. The van der Waals surface area contributed by atoms with E-state index in [2.05, 4.69) is 5.32 Å². The monoisotopic (exact) mass is 450 g/mol. The van der Waals surface area contributed by atoms with Gasteiger partial charge in [-0.3, -0.25) is 9.93 Å². The van der Waals surface area contributed by atoms with Crippen molar-refractivity contribution < 1.29 is 23.1 Å². The van der Waals surface area contributed by atoms with Gasteiger partial charge in [0.05, 0.1) is 5.56 Å². The Morgan fingerprint density at radius 2 is 1.58 bits per heavy atom. The lowest BCUT2D eigenvalue weighted by atomic mass is 9.94. The van der Waals surface area contributed by atoms with E-state index in [-0.39, 0.29) is 5.56 Å². The highest BCUT2D eigenvalue weighted by Gasteiger charge is 2.33. The van der Waals surface area contributed by atoms with Crippen molar-refractivity contribution in [1.29, 1.82) is 0 Å². The van der Waals surface area contributed by atoms with Crippen molar-refractivity contribution in [2.24, 2.45) is 5.14 Å². The number of hydrogen-bond donors (Lipinski definition) is 3. The Morgan fingerprint density at radius 3 is 2.06 bits per heavy atom. The van der Waals surface area contributed by atoms with E-state index in [1.165, 1.54) is 30.1 Å². The number of aliphatic hydroxyl groups is 1. The molecule has 0 bridgehead atoms. The van der Waals surface area contributed by atoms with Gasteiger partial charge < -0.3 is 10.4 Å². The van der Waals surface area contributed by atoms with Crippen LogP contribution in [0.15, 0.2) is 71.6 Å². The maximum absolute atomic E-state index is 13.0. The molecule has 4 nitrogen and oxygen atoms in total. The zero-order valence-corrected chi connectivity index (χ0v) is 18.2. The normalized spacial score (nSPS) is 10.2. The number of aliphatic hydroxyl groups excluding tert-OH is 1. The summed E-state index contributed by atoms with van der Waals surface area (Å²) in [5.41, 5.74) is 2.14. The number of hydrogen-bond acceptors (Lipinski definition) is 5. The molecule has 0 aliphatic carbocycles. The Balaban J connectivity index is 0.000000337. The molecule has 0 spiro atoms. The van der Waals surface area contributed by atoms with Crippen LogP contribution in [0.3, 0.4) is 0 Å². The summed E-state index contributed by atoms with van der Waals surface area (Å²) in [6.07, 6.45) is -3.72. The van der Waals surface area contributed by atoms with Gasteiger partial charge in [-0.2, -0.15) is 13.2 Å². The van der Waals surface area contributed by atoms with E-state index in [1.54, 1.807) is 25.1 Å². The molecule has 3 aromatic rings. The van der Waals surface area contributed by atoms with Gasteiger partial charge in [0, 0.05) is 30.3 Å². The molecule has 0 fully saturated rings. The standard InChI is InChI=1S/C15H11F3O.C7H10N2S.CH4O/c1-10-8-11(9-19)6-7-12(10)13-4-2-3-5-14(13)15(16,17)18;1-9-6-2-4-7(10-8)5-3-6;1-2/h2-9H,1H3;2-5,9H,8H2,1H3;2H,1H3. The SMILES string of the molecule is CNc1ccc(SN)cc1.CO.Cc1cc(C=O)ccc1-c1ccccc1C(F)(F)F. The summed E-state index contributed by atoms with van der Waals surface area (Å²) in [7, 11) is 2.89. The number of nitrogens with two attached hydrogens (primary N) is 1. The molecule has 4 N–H and O–H groups in total. The van der Waals surface area contributed by atoms with Crippen molar-refractivity contribution in [2.75, 3.05) is 19.5 Å². The fraction of sp³-hybridized carbons (Fsp3) is 0.174. The summed E-state index contributed by atoms with van der Waals surface area (Å²) < 4.78 is 38.9. The van der Waals surface area contributed by atoms with Crippen LogP contribution in [-0.2, 0) is 6.18 Å². The minimum atomic E-state index is -4.40. The lowest BCUT2D eigenvalue weighted by Gasteiger charge is -2.14. The first-order valence-corrected chi connectivity index (χ1v) is 9.99. The lowest BCUT2D eigenvalue weighted by Crippen LogP contribution is -2.07. The molecule has 0 saturated carbocycles. The first kappa shape index (κ1) is 26.2. The highest BCUT2D eigenvalue weighted by Crippen LogP contribution is 2.38.